The van der Waals surface area contributed by atoms with E-state index >= 15 is 0 Å². The van der Waals surface area contributed by atoms with Crippen LogP contribution < -0.4 is 10.2 Å². The molecule has 1 N–H and O–H groups in total. The summed E-state index contributed by atoms with van der Waals surface area (Å²) in [6.07, 6.45) is 3.87. The minimum Gasteiger partial charge on any atom is -0.472 e. The Kier molecular flexibility index (Phi) is 3.09. The van der Waals surface area contributed by atoms with Crippen molar-refractivity contribution in [1.29, 1.82) is 0 Å². The Morgan fingerprint density at radius 3 is 3.00 bits per heavy atom. The second-order valence-electron chi connectivity index (χ2n) is 4.78. The van der Waals surface area contributed by atoms with E-state index in [2.05, 4.69) is 11.4 Å². The topological polar surface area (TPSA) is 45.5 Å². The first-order valence-electron chi connectivity index (χ1n) is 6.35. The molecule has 1 unspecified atom stereocenters. The Morgan fingerprint density at radius 1 is 1.37 bits per heavy atom. The van der Waals surface area contributed by atoms with E-state index in [-0.39, 0.29) is 11.9 Å². The average molecular weight is 256 g/mol. The van der Waals surface area contributed by atoms with Crippen LogP contribution in [-0.4, -0.2) is 13.0 Å². The van der Waals surface area contributed by atoms with Gasteiger partial charge < -0.3 is 14.6 Å². The van der Waals surface area contributed by atoms with Gasteiger partial charge in [0.2, 0.25) is 5.91 Å². The summed E-state index contributed by atoms with van der Waals surface area (Å²) in [5.74, 6) is 0.142. The third-order valence-corrected chi connectivity index (χ3v) is 3.56. The number of furan rings is 1. The Morgan fingerprint density at radius 2 is 2.21 bits per heavy atom. The molecule has 0 saturated carbocycles. The summed E-state index contributed by atoms with van der Waals surface area (Å²) in [4.78, 5) is 13.7. The standard InChI is InChI=1S/C15H16N2O2/c1-17-14-5-3-2-4-12(14)13(8-15(17)18)16-9-11-6-7-19-10-11/h2-7,10,13,16H,8-9H2,1H3. The summed E-state index contributed by atoms with van der Waals surface area (Å²) >= 11 is 0. The van der Waals surface area contributed by atoms with E-state index in [9.17, 15) is 4.79 Å². The molecule has 1 aromatic heterocycles. The van der Waals surface area contributed by atoms with Crippen molar-refractivity contribution >= 4 is 11.6 Å². The number of carbonyl (C=O) groups is 1. The third-order valence-electron chi connectivity index (χ3n) is 3.56. The van der Waals surface area contributed by atoms with E-state index < -0.39 is 0 Å². The maximum atomic E-state index is 12.0. The van der Waals surface area contributed by atoms with E-state index in [1.807, 2.05) is 31.3 Å². The lowest BCUT2D eigenvalue weighted by Gasteiger charge is -2.32. The average Bonchev–Trinajstić information content (AvgIpc) is 2.95. The maximum absolute atomic E-state index is 12.0. The smallest absolute Gasteiger partial charge is 0.228 e. The molecule has 1 aliphatic rings. The lowest BCUT2D eigenvalue weighted by Crippen LogP contribution is -2.37. The van der Waals surface area contributed by atoms with Crippen LogP contribution in [0.5, 0.6) is 0 Å². The van der Waals surface area contributed by atoms with Crippen LogP contribution in [0.15, 0.2) is 47.3 Å². The van der Waals surface area contributed by atoms with Gasteiger partial charge in [-0.2, -0.15) is 0 Å². The van der Waals surface area contributed by atoms with Crippen molar-refractivity contribution in [3.05, 3.63) is 54.0 Å². The van der Waals surface area contributed by atoms with Crippen LogP contribution in [0.2, 0.25) is 0 Å². The molecule has 1 aromatic carbocycles. The Balaban J connectivity index is 1.82. The van der Waals surface area contributed by atoms with Crippen LogP contribution in [0.1, 0.15) is 23.6 Å². The summed E-state index contributed by atoms with van der Waals surface area (Å²) in [5, 5.41) is 3.42. The SMILES string of the molecule is CN1C(=O)CC(NCc2ccoc2)c2ccccc21. The van der Waals surface area contributed by atoms with Crippen LogP contribution >= 0.6 is 0 Å². The molecule has 0 radical (unpaired) electrons. The lowest BCUT2D eigenvalue weighted by atomic mass is 9.96. The van der Waals surface area contributed by atoms with Crippen molar-refractivity contribution in [3.63, 3.8) is 0 Å². The number of hydrogen-bond acceptors (Lipinski definition) is 3. The molecule has 98 valence electrons. The molecule has 3 rings (SSSR count). The molecular formula is C15H16N2O2. The predicted octanol–water partition coefficient (Wildman–Crippen LogP) is 2.48. The van der Waals surface area contributed by atoms with Crippen molar-refractivity contribution in [2.24, 2.45) is 0 Å². The molecule has 2 aromatic rings. The molecule has 1 aliphatic heterocycles. The van der Waals surface area contributed by atoms with Crippen molar-refractivity contribution in [3.8, 4) is 0 Å². The quantitative estimate of drug-likeness (QED) is 0.917. The first kappa shape index (κ1) is 12.0. The number of carbonyl (C=O) groups excluding carboxylic acids is 1. The normalized spacial score (nSPS) is 18.5. The van der Waals surface area contributed by atoms with Crippen molar-refractivity contribution in [2.75, 3.05) is 11.9 Å². The van der Waals surface area contributed by atoms with Gasteiger partial charge in [0.25, 0.3) is 0 Å². The molecule has 0 bridgehead atoms. The first-order chi connectivity index (χ1) is 9.25. The summed E-state index contributed by atoms with van der Waals surface area (Å²) in [7, 11) is 1.83. The van der Waals surface area contributed by atoms with Crippen molar-refractivity contribution in [2.45, 2.75) is 19.0 Å². The van der Waals surface area contributed by atoms with E-state index in [0.29, 0.717) is 13.0 Å². The molecule has 19 heavy (non-hydrogen) atoms. The van der Waals surface area contributed by atoms with Crippen molar-refractivity contribution in [1.82, 2.24) is 5.32 Å². The first-order valence-corrected chi connectivity index (χ1v) is 6.35. The van der Waals surface area contributed by atoms with Gasteiger partial charge in [0, 0.05) is 37.3 Å². The minimum atomic E-state index is 0.0646. The second-order valence-corrected chi connectivity index (χ2v) is 4.78. The highest BCUT2D eigenvalue weighted by Gasteiger charge is 2.28. The zero-order valence-electron chi connectivity index (χ0n) is 10.8. The van der Waals surface area contributed by atoms with Crippen molar-refractivity contribution < 1.29 is 9.21 Å². The van der Waals surface area contributed by atoms with Gasteiger partial charge in [0.1, 0.15) is 0 Å². The minimum absolute atomic E-state index is 0.0646. The maximum Gasteiger partial charge on any atom is 0.228 e. The number of hydrogen-bond donors (Lipinski definition) is 1. The van der Waals surface area contributed by atoms with Crippen LogP contribution in [0.3, 0.4) is 0 Å². The molecular weight excluding hydrogens is 240 g/mol. The second kappa shape index (κ2) is 4.90. The molecule has 1 amide bonds. The zero-order valence-corrected chi connectivity index (χ0v) is 10.8. The number of para-hydroxylation sites is 1. The van der Waals surface area contributed by atoms with Crippen LogP contribution in [0.4, 0.5) is 5.69 Å². The molecule has 0 saturated heterocycles. The molecule has 4 nitrogen and oxygen atoms in total. The summed E-state index contributed by atoms with van der Waals surface area (Å²) in [5.41, 5.74) is 3.25. The number of nitrogens with one attached hydrogen (secondary N) is 1. The lowest BCUT2D eigenvalue weighted by molar-refractivity contribution is -0.119. The fraction of sp³-hybridized carbons (Fsp3) is 0.267. The third kappa shape index (κ3) is 2.27. The van der Waals surface area contributed by atoms with Gasteiger partial charge in [0.15, 0.2) is 0 Å². The van der Waals surface area contributed by atoms with E-state index in [0.717, 1.165) is 11.3 Å². The molecule has 1 atom stereocenters. The predicted molar refractivity (Wildman–Crippen MR) is 72.8 cm³/mol. The molecule has 0 spiro atoms. The summed E-state index contributed by atoms with van der Waals surface area (Å²) < 4.78 is 5.05. The van der Waals surface area contributed by atoms with Gasteiger partial charge >= 0.3 is 0 Å². The van der Waals surface area contributed by atoms with E-state index in [4.69, 9.17) is 4.42 Å². The monoisotopic (exact) mass is 256 g/mol. The largest absolute Gasteiger partial charge is 0.472 e. The molecule has 0 aliphatic carbocycles. The Bertz CT molecular complexity index is 578. The van der Waals surface area contributed by atoms with Crippen LogP contribution in [0, 0.1) is 0 Å². The summed E-state index contributed by atoms with van der Waals surface area (Å²) in [6.45, 7) is 0.701. The number of benzene rings is 1. The highest BCUT2D eigenvalue weighted by Crippen LogP contribution is 2.33. The fourth-order valence-electron chi connectivity index (χ4n) is 2.46. The number of anilines is 1. The number of amides is 1. The van der Waals surface area contributed by atoms with Crippen LogP contribution in [0.25, 0.3) is 0 Å². The zero-order chi connectivity index (χ0) is 13.2. The summed E-state index contributed by atoms with van der Waals surface area (Å²) in [6, 6.07) is 10.0. The molecule has 0 fully saturated rings. The highest BCUT2D eigenvalue weighted by atomic mass is 16.3. The van der Waals surface area contributed by atoms with Crippen LogP contribution in [-0.2, 0) is 11.3 Å². The number of rotatable bonds is 3. The fourth-order valence-corrected chi connectivity index (χ4v) is 2.46. The van der Waals surface area contributed by atoms with E-state index in [1.54, 1.807) is 17.4 Å². The van der Waals surface area contributed by atoms with Gasteiger partial charge in [-0.15, -0.1) is 0 Å². The van der Waals surface area contributed by atoms with Gasteiger partial charge in [-0.05, 0) is 17.7 Å². The van der Waals surface area contributed by atoms with Gasteiger partial charge in [-0.1, -0.05) is 18.2 Å². The van der Waals surface area contributed by atoms with E-state index in [1.165, 1.54) is 5.56 Å². The molecule has 4 heteroatoms. The number of fused-ring (bicyclic) bond motifs is 1. The van der Waals surface area contributed by atoms with Gasteiger partial charge in [-0.25, -0.2) is 0 Å². The molecule has 2 heterocycles. The van der Waals surface area contributed by atoms with Gasteiger partial charge in [0.05, 0.1) is 12.5 Å². The highest BCUT2D eigenvalue weighted by molar-refractivity contribution is 5.96. The number of nitrogens with zero attached hydrogens (tertiary/aromatic N) is 1. The van der Waals surface area contributed by atoms with Gasteiger partial charge in [-0.3, -0.25) is 4.79 Å². The Labute approximate surface area is 112 Å². The Hall–Kier alpha value is -2.07.